The van der Waals surface area contributed by atoms with E-state index in [-0.39, 0.29) is 24.3 Å². The number of ether oxygens (including phenoxy) is 2. The number of carbonyl (C=O) groups excluding carboxylic acids is 2. The average Bonchev–Trinajstić information content (AvgIpc) is 2.81. The Morgan fingerprint density at radius 2 is 1.87 bits per heavy atom. The van der Waals surface area contributed by atoms with Gasteiger partial charge in [0.25, 0.3) is 0 Å². The van der Waals surface area contributed by atoms with Crippen LogP contribution in [0.25, 0.3) is 0 Å². The summed E-state index contributed by atoms with van der Waals surface area (Å²) < 4.78 is 10.8. The van der Waals surface area contributed by atoms with E-state index in [1.165, 1.54) is 0 Å². The molecule has 7 heteroatoms. The summed E-state index contributed by atoms with van der Waals surface area (Å²) >= 11 is 5.89. The van der Waals surface area contributed by atoms with Crippen LogP contribution >= 0.6 is 11.6 Å². The maximum Gasteiger partial charge on any atom is 0.317 e. The zero-order valence-corrected chi connectivity index (χ0v) is 18.2. The fourth-order valence-electron chi connectivity index (χ4n) is 3.55. The fourth-order valence-corrected chi connectivity index (χ4v) is 3.67. The normalized spacial score (nSPS) is 13.9. The summed E-state index contributed by atoms with van der Waals surface area (Å²) in [5.41, 5.74) is 1.53. The average molecular weight is 441 g/mol. The van der Waals surface area contributed by atoms with Crippen LogP contribution in [-0.2, 0) is 6.54 Å². The van der Waals surface area contributed by atoms with Crippen molar-refractivity contribution in [3.63, 3.8) is 0 Å². The van der Waals surface area contributed by atoms with Gasteiger partial charge < -0.3 is 19.7 Å². The Labute approximate surface area is 187 Å². The monoisotopic (exact) mass is 440 g/mol. The lowest BCUT2D eigenvalue weighted by Crippen LogP contribution is -2.45. The van der Waals surface area contributed by atoms with Crippen molar-refractivity contribution in [2.75, 3.05) is 26.8 Å². The molecule has 0 spiro atoms. The van der Waals surface area contributed by atoms with Crippen molar-refractivity contribution >= 4 is 23.4 Å². The Hall–Kier alpha value is -3.17. The molecule has 31 heavy (non-hydrogen) atoms. The maximum atomic E-state index is 12.7. The first kappa shape index (κ1) is 22.5. The van der Waals surface area contributed by atoms with E-state index in [1.807, 2.05) is 6.07 Å². The Bertz CT molecular complexity index is 961. The van der Waals surface area contributed by atoms with Crippen LogP contribution in [0.2, 0.25) is 5.02 Å². The highest BCUT2D eigenvalue weighted by molar-refractivity contribution is 6.30. The number of terminal acetylenes is 1. The number of carbonyl (C=O) groups is 2. The molecule has 2 aromatic rings. The topological polar surface area (TPSA) is 67.9 Å². The van der Waals surface area contributed by atoms with Crippen molar-refractivity contribution in [2.45, 2.75) is 19.4 Å². The van der Waals surface area contributed by atoms with E-state index in [0.29, 0.717) is 54.6 Å². The molecule has 1 aliphatic heterocycles. The predicted molar refractivity (Wildman–Crippen MR) is 120 cm³/mol. The van der Waals surface area contributed by atoms with Gasteiger partial charge >= 0.3 is 6.03 Å². The molecule has 1 fully saturated rings. The van der Waals surface area contributed by atoms with Crippen molar-refractivity contribution in [3.05, 3.63) is 58.6 Å². The van der Waals surface area contributed by atoms with Gasteiger partial charge in [-0.1, -0.05) is 23.6 Å². The summed E-state index contributed by atoms with van der Waals surface area (Å²) in [5, 5.41) is 3.53. The van der Waals surface area contributed by atoms with E-state index in [4.69, 9.17) is 27.5 Å². The van der Waals surface area contributed by atoms with Crippen molar-refractivity contribution in [1.82, 2.24) is 10.2 Å². The molecule has 0 radical (unpaired) electrons. The molecule has 0 unspecified atom stereocenters. The van der Waals surface area contributed by atoms with Crippen LogP contribution in [-0.4, -0.2) is 43.5 Å². The third-order valence-electron chi connectivity index (χ3n) is 5.26. The first-order chi connectivity index (χ1) is 15.0. The number of halogens is 1. The fraction of sp³-hybridized carbons (Fsp3) is 0.333. The molecule has 3 rings (SSSR count). The highest BCUT2D eigenvalue weighted by Gasteiger charge is 2.27. The standard InChI is InChI=1S/C24H25ClN2O4/c1-3-14-31-22-15-17(4-9-21(22)30-2)16-26-24(29)27-12-10-19(11-13-27)23(28)18-5-7-20(25)8-6-18/h1,4-9,15,19H,10-14,16H2,2H3,(H,26,29). The van der Waals surface area contributed by atoms with E-state index in [1.54, 1.807) is 48.4 Å². The minimum absolute atomic E-state index is 0.0809. The van der Waals surface area contributed by atoms with Gasteiger partial charge in [-0.15, -0.1) is 6.42 Å². The number of nitrogens with zero attached hydrogens (tertiary/aromatic N) is 1. The maximum absolute atomic E-state index is 12.7. The number of piperidine rings is 1. The Kier molecular flexibility index (Phi) is 7.80. The second-order valence-electron chi connectivity index (χ2n) is 7.27. The molecule has 0 atom stereocenters. The Morgan fingerprint density at radius 3 is 2.52 bits per heavy atom. The number of rotatable bonds is 7. The van der Waals surface area contributed by atoms with Crippen LogP contribution in [0.15, 0.2) is 42.5 Å². The molecule has 2 aromatic carbocycles. The van der Waals surface area contributed by atoms with Gasteiger partial charge in [-0.05, 0) is 54.8 Å². The number of hydrogen-bond acceptors (Lipinski definition) is 4. The second kappa shape index (κ2) is 10.7. The lowest BCUT2D eigenvalue weighted by molar-refractivity contribution is 0.0854. The van der Waals surface area contributed by atoms with Crippen molar-refractivity contribution in [3.8, 4) is 23.8 Å². The summed E-state index contributed by atoms with van der Waals surface area (Å²) in [7, 11) is 1.56. The molecule has 1 aliphatic rings. The first-order valence-corrected chi connectivity index (χ1v) is 10.5. The Balaban J connectivity index is 1.50. The summed E-state index contributed by atoms with van der Waals surface area (Å²) in [4.78, 5) is 27.0. The quantitative estimate of drug-likeness (QED) is 0.518. The number of urea groups is 1. The zero-order chi connectivity index (χ0) is 22.2. The molecule has 1 N–H and O–H groups in total. The van der Waals surface area contributed by atoms with Crippen molar-refractivity contribution < 1.29 is 19.1 Å². The largest absolute Gasteiger partial charge is 0.493 e. The number of nitrogens with one attached hydrogen (secondary N) is 1. The van der Waals surface area contributed by atoms with Gasteiger partial charge in [-0.3, -0.25) is 4.79 Å². The third kappa shape index (κ3) is 5.93. The van der Waals surface area contributed by atoms with Gasteiger partial charge in [-0.25, -0.2) is 4.79 Å². The van der Waals surface area contributed by atoms with Gasteiger partial charge in [-0.2, -0.15) is 0 Å². The number of methoxy groups -OCH3 is 1. The number of ketones is 1. The van der Waals surface area contributed by atoms with Gasteiger partial charge in [0.05, 0.1) is 7.11 Å². The van der Waals surface area contributed by atoms with Crippen LogP contribution < -0.4 is 14.8 Å². The molecule has 0 bridgehead atoms. The van der Waals surface area contributed by atoms with E-state index >= 15 is 0 Å². The highest BCUT2D eigenvalue weighted by atomic mass is 35.5. The van der Waals surface area contributed by atoms with Crippen LogP contribution in [0, 0.1) is 18.3 Å². The minimum Gasteiger partial charge on any atom is -0.493 e. The third-order valence-corrected chi connectivity index (χ3v) is 5.52. The van der Waals surface area contributed by atoms with Crippen LogP contribution in [0.5, 0.6) is 11.5 Å². The van der Waals surface area contributed by atoms with Crippen LogP contribution in [0.3, 0.4) is 0 Å². The lowest BCUT2D eigenvalue weighted by atomic mass is 9.89. The molecule has 1 heterocycles. The van der Waals surface area contributed by atoms with E-state index < -0.39 is 0 Å². The van der Waals surface area contributed by atoms with Gasteiger partial charge in [0.15, 0.2) is 17.3 Å². The molecular formula is C24H25ClN2O4. The first-order valence-electron chi connectivity index (χ1n) is 10.1. The van der Waals surface area contributed by atoms with Gasteiger partial charge in [0.2, 0.25) is 0 Å². The van der Waals surface area contributed by atoms with E-state index in [2.05, 4.69) is 11.2 Å². The second-order valence-corrected chi connectivity index (χ2v) is 7.71. The number of likely N-dealkylation sites (tertiary alicyclic amines) is 1. The molecule has 162 valence electrons. The molecule has 0 aromatic heterocycles. The summed E-state index contributed by atoms with van der Waals surface area (Å²) in [6.07, 6.45) is 6.53. The molecule has 0 saturated carbocycles. The smallest absolute Gasteiger partial charge is 0.317 e. The molecule has 0 aliphatic carbocycles. The molecular weight excluding hydrogens is 416 g/mol. The van der Waals surface area contributed by atoms with Crippen LogP contribution in [0.1, 0.15) is 28.8 Å². The highest BCUT2D eigenvalue weighted by Crippen LogP contribution is 2.28. The SMILES string of the molecule is C#CCOc1cc(CNC(=O)N2CCC(C(=O)c3ccc(Cl)cc3)CC2)ccc1OC. The van der Waals surface area contributed by atoms with E-state index in [9.17, 15) is 9.59 Å². The zero-order valence-electron chi connectivity index (χ0n) is 17.4. The lowest BCUT2D eigenvalue weighted by Gasteiger charge is -2.31. The summed E-state index contributed by atoms with van der Waals surface area (Å²) in [5.74, 6) is 3.56. The van der Waals surface area contributed by atoms with Crippen molar-refractivity contribution in [2.24, 2.45) is 5.92 Å². The minimum atomic E-state index is -0.153. The van der Waals surface area contributed by atoms with Gasteiger partial charge in [0.1, 0.15) is 6.61 Å². The number of benzene rings is 2. The van der Waals surface area contributed by atoms with Crippen molar-refractivity contribution in [1.29, 1.82) is 0 Å². The Morgan fingerprint density at radius 1 is 1.16 bits per heavy atom. The predicted octanol–water partition coefficient (Wildman–Crippen LogP) is 4.17. The number of amides is 2. The summed E-state index contributed by atoms with van der Waals surface area (Å²) in [6, 6.07) is 12.2. The molecule has 6 nitrogen and oxygen atoms in total. The van der Waals surface area contributed by atoms with Gasteiger partial charge in [0, 0.05) is 36.1 Å². The molecule has 2 amide bonds. The number of hydrogen-bond donors (Lipinski definition) is 1. The summed E-state index contributed by atoms with van der Waals surface area (Å²) in [6.45, 7) is 1.55. The van der Waals surface area contributed by atoms with E-state index in [0.717, 1.165) is 5.56 Å². The molecule has 1 saturated heterocycles. The number of Topliss-reactive ketones (excluding diaryl/α,β-unsaturated/α-hetero) is 1. The van der Waals surface area contributed by atoms with Crippen LogP contribution in [0.4, 0.5) is 4.79 Å².